The zero-order valence-corrected chi connectivity index (χ0v) is 10.7. The average molecular weight is 263 g/mol. The lowest BCUT2D eigenvalue weighted by atomic mass is 9.85. The third-order valence-corrected chi connectivity index (χ3v) is 3.35. The van der Waals surface area contributed by atoms with Crippen LogP contribution in [0.15, 0.2) is 17.8 Å². The van der Waals surface area contributed by atoms with Crippen LogP contribution in [-0.4, -0.2) is 17.4 Å². The number of carboxylic acids is 1. The number of hydrogen-bond donors (Lipinski definition) is 2. The summed E-state index contributed by atoms with van der Waals surface area (Å²) in [5.74, 6) is -2.07. The highest BCUT2D eigenvalue weighted by Crippen LogP contribution is 2.34. The summed E-state index contributed by atoms with van der Waals surface area (Å²) in [5, 5.41) is 12.2. The van der Waals surface area contributed by atoms with Crippen LogP contribution in [0.2, 0.25) is 0 Å². The van der Waals surface area contributed by atoms with Gasteiger partial charge in [-0.15, -0.1) is 0 Å². The van der Waals surface area contributed by atoms with Crippen LogP contribution in [0.5, 0.6) is 0 Å². The summed E-state index contributed by atoms with van der Waals surface area (Å²) in [6.45, 7) is 3.52. The normalized spacial score (nSPS) is 15.5. The van der Waals surface area contributed by atoms with E-state index in [1.54, 1.807) is 13.8 Å². The summed E-state index contributed by atoms with van der Waals surface area (Å²) in [6, 6.07) is 2.75. The third kappa shape index (κ3) is 2.12. The maximum atomic E-state index is 13.8. The van der Waals surface area contributed by atoms with Gasteiger partial charge in [0.2, 0.25) is 0 Å². The van der Waals surface area contributed by atoms with Crippen LogP contribution in [0, 0.1) is 5.82 Å². The summed E-state index contributed by atoms with van der Waals surface area (Å²) >= 11 is 0. The zero-order chi connectivity index (χ0) is 14.2. The van der Waals surface area contributed by atoms with E-state index in [1.165, 1.54) is 12.1 Å². The Labute approximate surface area is 109 Å². The number of hydrogen-bond acceptors (Lipinski definition) is 3. The van der Waals surface area contributed by atoms with Gasteiger partial charge in [-0.3, -0.25) is 0 Å². The second kappa shape index (κ2) is 4.84. The van der Waals surface area contributed by atoms with E-state index in [2.05, 4.69) is 5.32 Å². The molecule has 0 spiro atoms. The molecule has 1 aliphatic heterocycles. The van der Waals surface area contributed by atoms with Gasteiger partial charge in [0, 0.05) is 29.3 Å². The molecule has 0 aliphatic carbocycles. The number of aliphatic carboxylic acids is 1. The summed E-state index contributed by atoms with van der Waals surface area (Å²) in [4.78, 5) is 22.4. The van der Waals surface area contributed by atoms with E-state index in [1.807, 2.05) is 0 Å². The van der Waals surface area contributed by atoms with E-state index in [0.29, 0.717) is 22.4 Å². The smallest absolute Gasteiger partial charge is 0.338 e. The molecule has 0 aromatic heterocycles. The number of carbonyl (C=O) groups excluding carboxylic acids is 1. The van der Waals surface area contributed by atoms with Crippen LogP contribution in [0.3, 0.4) is 0 Å². The average Bonchev–Trinajstić information content (AvgIpc) is 2.37. The fraction of sp³-hybridized carbons (Fsp3) is 0.286. The van der Waals surface area contributed by atoms with Crippen molar-refractivity contribution in [2.45, 2.75) is 26.3 Å². The van der Waals surface area contributed by atoms with Gasteiger partial charge in [0.15, 0.2) is 0 Å². The fourth-order valence-corrected chi connectivity index (χ4v) is 2.33. The molecule has 0 bridgehead atoms. The van der Waals surface area contributed by atoms with Gasteiger partial charge in [-0.25, -0.2) is 9.18 Å². The molecule has 1 atom stereocenters. The molecule has 2 rings (SSSR count). The largest absolute Gasteiger partial charge is 0.478 e. The van der Waals surface area contributed by atoms with E-state index in [9.17, 15) is 19.1 Å². The molecule has 5 heteroatoms. The first-order valence-corrected chi connectivity index (χ1v) is 5.92. The first-order valence-electron chi connectivity index (χ1n) is 5.92. The quantitative estimate of drug-likeness (QED) is 0.819. The Kier molecular flexibility index (Phi) is 3.38. The fourth-order valence-electron chi connectivity index (χ4n) is 2.33. The Hall–Kier alpha value is -2.17. The predicted octanol–water partition coefficient (Wildman–Crippen LogP) is 2.05. The Morgan fingerprint density at radius 3 is 2.79 bits per heavy atom. The van der Waals surface area contributed by atoms with Gasteiger partial charge in [-0.1, -0.05) is 13.0 Å². The molecular weight excluding hydrogens is 249 g/mol. The van der Waals surface area contributed by atoms with Gasteiger partial charge < -0.3 is 15.2 Å². The summed E-state index contributed by atoms with van der Waals surface area (Å²) in [5.41, 5.74) is 1.69. The number of rotatable bonds is 3. The summed E-state index contributed by atoms with van der Waals surface area (Å²) < 4.78 is 13.8. The van der Waals surface area contributed by atoms with Crippen LogP contribution in [0.25, 0.3) is 5.57 Å². The van der Waals surface area contributed by atoms with Crippen molar-refractivity contribution < 1.29 is 19.1 Å². The van der Waals surface area contributed by atoms with Gasteiger partial charge in [-0.05, 0) is 18.6 Å². The van der Waals surface area contributed by atoms with Crippen molar-refractivity contribution in [1.29, 1.82) is 0 Å². The van der Waals surface area contributed by atoms with Crippen LogP contribution in [0.1, 0.15) is 36.5 Å². The molecular formula is C14H14FNO3. The van der Waals surface area contributed by atoms with Crippen molar-refractivity contribution in [3.8, 4) is 0 Å². The topological polar surface area (TPSA) is 66.4 Å². The van der Waals surface area contributed by atoms with E-state index in [0.717, 1.165) is 6.29 Å². The minimum Gasteiger partial charge on any atom is -0.478 e. The monoisotopic (exact) mass is 263 g/mol. The molecule has 1 heterocycles. The molecule has 1 aromatic rings. The standard InChI is InChI=1S/C14H14FNO3/c1-7(6-17)9-3-4-11(15)10-5-16-8(2)12(13(9)10)14(18)19/h3-4,6-7,16H,5H2,1-2H3,(H,18,19). The van der Waals surface area contributed by atoms with Gasteiger partial charge in [-0.2, -0.15) is 0 Å². The van der Waals surface area contributed by atoms with Crippen LogP contribution < -0.4 is 5.32 Å². The molecule has 19 heavy (non-hydrogen) atoms. The van der Waals surface area contributed by atoms with Crippen molar-refractivity contribution in [1.82, 2.24) is 5.32 Å². The number of fused-ring (bicyclic) bond motifs is 1. The number of benzene rings is 1. The SMILES string of the molecule is CC1=C(C(=O)O)c2c(C(C)C=O)ccc(F)c2CN1. The van der Waals surface area contributed by atoms with Crippen LogP contribution in [-0.2, 0) is 16.1 Å². The molecule has 0 radical (unpaired) electrons. The highest BCUT2D eigenvalue weighted by atomic mass is 19.1. The maximum Gasteiger partial charge on any atom is 0.338 e. The van der Waals surface area contributed by atoms with Crippen molar-refractivity contribution in [2.75, 3.05) is 0 Å². The molecule has 1 aromatic carbocycles. The molecule has 0 saturated heterocycles. The number of aldehydes is 1. The summed E-state index contributed by atoms with van der Waals surface area (Å²) in [7, 11) is 0. The van der Waals surface area contributed by atoms with Gasteiger partial charge in [0.25, 0.3) is 0 Å². The lowest BCUT2D eigenvalue weighted by Crippen LogP contribution is -2.25. The van der Waals surface area contributed by atoms with Gasteiger partial charge in [0.1, 0.15) is 12.1 Å². The third-order valence-electron chi connectivity index (χ3n) is 3.35. The number of halogens is 1. The molecule has 1 unspecified atom stereocenters. The maximum absolute atomic E-state index is 13.8. The van der Waals surface area contributed by atoms with E-state index in [4.69, 9.17) is 0 Å². The number of allylic oxidation sites excluding steroid dienone is 1. The molecule has 1 aliphatic rings. The number of nitrogens with one attached hydrogen (secondary N) is 1. The minimum atomic E-state index is -1.13. The molecule has 0 fully saturated rings. The van der Waals surface area contributed by atoms with Gasteiger partial charge in [0.05, 0.1) is 5.57 Å². The zero-order valence-electron chi connectivity index (χ0n) is 10.7. The first kappa shape index (κ1) is 13.3. The number of carboxylic acid groups (broad SMARTS) is 1. The second-order valence-corrected chi connectivity index (χ2v) is 4.57. The van der Waals surface area contributed by atoms with E-state index < -0.39 is 17.7 Å². The van der Waals surface area contributed by atoms with E-state index in [-0.39, 0.29) is 12.1 Å². The Morgan fingerprint density at radius 2 is 2.21 bits per heavy atom. The lowest BCUT2D eigenvalue weighted by Gasteiger charge is -2.25. The molecule has 2 N–H and O–H groups in total. The lowest BCUT2D eigenvalue weighted by molar-refractivity contribution is -0.130. The molecule has 100 valence electrons. The molecule has 0 saturated carbocycles. The van der Waals surface area contributed by atoms with Crippen molar-refractivity contribution >= 4 is 17.8 Å². The second-order valence-electron chi connectivity index (χ2n) is 4.57. The first-order chi connectivity index (χ1) is 8.97. The van der Waals surface area contributed by atoms with Gasteiger partial charge >= 0.3 is 5.97 Å². The number of carbonyl (C=O) groups is 2. The van der Waals surface area contributed by atoms with Crippen LogP contribution in [0.4, 0.5) is 4.39 Å². The Balaban J connectivity index is 2.78. The summed E-state index contributed by atoms with van der Waals surface area (Å²) in [6.07, 6.45) is 0.727. The van der Waals surface area contributed by atoms with E-state index >= 15 is 0 Å². The van der Waals surface area contributed by atoms with Crippen molar-refractivity contribution in [3.05, 3.63) is 40.3 Å². The molecule has 4 nitrogen and oxygen atoms in total. The van der Waals surface area contributed by atoms with Crippen molar-refractivity contribution in [3.63, 3.8) is 0 Å². The Morgan fingerprint density at radius 1 is 1.53 bits per heavy atom. The minimum absolute atomic E-state index is 0.0319. The molecule has 0 amide bonds. The van der Waals surface area contributed by atoms with Crippen molar-refractivity contribution in [2.24, 2.45) is 0 Å². The highest BCUT2D eigenvalue weighted by molar-refractivity contribution is 6.17. The van der Waals surface area contributed by atoms with Crippen LogP contribution >= 0.6 is 0 Å². The highest BCUT2D eigenvalue weighted by Gasteiger charge is 2.28. The predicted molar refractivity (Wildman–Crippen MR) is 67.9 cm³/mol. The Bertz CT molecular complexity index is 593.